The van der Waals surface area contributed by atoms with Gasteiger partial charge < -0.3 is 15.4 Å². The van der Waals surface area contributed by atoms with Crippen molar-refractivity contribution in [1.82, 2.24) is 10.2 Å². The summed E-state index contributed by atoms with van der Waals surface area (Å²) in [5.41, 5.74) is -0.908. The quantitative estimate of drug-likeness (QED) is 0.533. The summed E-state index contributed by atoms with van der Waals surface area (Å²) in [5.74, 6) is -2.08. The van der Waals surface area contributed by atoms with Crippen LogP contribution in [0.5, 0.6) is 5.75 Å². The molecular formula is C20H17F4N3O4. The number of rotatable bonds is 6. The van der Waals surface area contributed by atoms with Crippen LogP contribution >= 0.6 is 0 Å². The first-order valence-corrected chi connectivity index (χ1v) is 9.04. The summed E-state index contributed by atoms with van der Waals surface area (Å²) in [6, 6.07) is 8.88. The van der Waals surface area contributed by atoms with E-state index in [0.717, 1.165) is 17.0 Å². The Morgan fingerprint density at radius 3 is 2.29 bits per heavy atom. The number of ether oxygens (including phenoxy) is 1. The topological polar surface area (TPSA) is 87.7 Å². The van der Waals surface area contributed by atoms with Crippen LogP contribution in [-0.4, -0.2) is 35.7 Å². The zero-order chi connectivity index (χ0) is 22.8. The van der Waals surface area contributed by atoms with Crippen molar-refractivity contribution in [3.63, 3.8) is 0 Å². The van der Waals surface area contributed by atoms with Gasteiger partial charge in [0.25, 0.3) is 5.91 Å². The van der Waals surface area contributed by atoms with Gasteiger partial charge in [-0.05, 0) is 48.9 Å². The summed E-state index contributed by atoms with van der Waals surface area (Å²) < 4.78 is 53.6. The van der Waals surface area contributed by atoms with E-state index >= 15 is 0 Å². The van der Waals surface area contributed by atoms with Gasteiger partial charge >= 0.3 is 12.4 Å². The fraction of sp³-hybridized carbons (Fsp3) is 0.250. The summed E-state index contributed by atoms with van der Waals surface area (Å²) in [6.07, 6.45) is -5.06. The SMILES string of the molecule is CC1(c2ccc(OC(F)(F)F)cc2)NC(=O)N(CCC(=O)Nc2ccc(F)cc2)C1=O. The molecule has 7 nitrogen and oxygen atoms in total. The Labute approximate surface area is 174 Å². The van der Waals surface area contributed by atoms with Gasteiger partial charge in [0.05, 0.1) is 0 Å². The van der Waals surface area contributed by atoms with Crippen molar-refractivity contribution in [2.24, 2.45) is 0 Å². The summed E-state index contributed by atoms with van der Waals surface area (Å²) in [4.78, 5) is 38.0. The van der Waals surface area contributed by atoms with Crippen molar-refractivity contribution < 1.29 is 36.7 Å². The van der Waals surface area contributed by atoms with Crippen LogP contribution < -0.4 is 15.4 Å². The molecule has 3 rings (SSSR count). The first-order chi connectivity index (χ1) is 14.5. The second kappa shape index (κ2) is 8.25. The highest BCUT2D eigenvalue weighted by atomic mass is 19.4. The van der Waals surface area contributed by atoms with Crippen molar-refractivity contribution in [3.8, 4) is 5.75 Å². The molecule has 0 aromatic heterocycles. The average Bonchev–Trinajstić information content (AvgIpc) is 2.90. The van der Waals surface area contributed by atoms with E-state index in [2.05, 4.69) is 15.4 Å². The number of alkyl halides is 3. The number of carbonyl (C=O) groups is 3. The highest BCUT2D eigenvalue weighted by molar-refractivity contribution is 6.07. The van der Waals surface area contributed by atoms with E-state index in [0.29, 0.717) is 5.69 Å². The monoisotopic (exact) mass is 439 g/mol. The van der Waals surface area contributed by atoms with Crippen molar-refractivity contribution in [3.05, 3.63) is 59.9 Å². The molecule has 2 N–H and O–H groups in total. The number of hydrogen-bond acceptors (Lipinski definition) is 4. The number of imide groups is 1. The Morgan fingerprint density at radius 1 is 1.10 bits per heavy atom. The number of carbonyl (C=O) groups excluding carboxylic acids is 3. The molecule has 1 heterocycles. The van der Waals surface area contributed by atoms with Crippen molar-refractivity contribution in [2.45, 2.75) is 25.2 Å². The van der Waals surface area contributed by atoms with E-state index in [-0.39, 0.29) is 18.5 Å². The first-order valence-electron chi connectivity index (χ1n) is 9.04. The molecule has 11 heteroatoms. The van der Waals surface area contributed by atoms with Crippen molar-refractivity contribution >= 4 is 23.5 Å². The third-order valence-corrected chi connectivity index (χ3v) is 4.63. The minimum absolute atomic E-state index is 0.203. The molecule has 1 aliphatic heterocycles. The number of benzene rings is 2. The third-order valence-electron chi connectivity index (χ3n) is 4.63. The predicted octanol–water partition coefficient (Wildman–Crippen LogP) is 3.52. The minimum Gasteiger partial charge on any atom is -0.406 e. The van der Waals surface area contributed by atoms with Gasteiger partial charge in [-0.1, -0.05) is 12.1 Å². The lowest BCUT2D eigenvalue weighted by atomic mass is 9.92. The summed E-state index contributed by atoms with van der Waals surface area (Å²) in [6.45, 7) is 1.19. The maximum absolute atomic E-state index is 12.9. The fourth-order valence-corrected chi connectivity index (χ4v) is 3.06. The van der Waals surface area contributed by atoms with Gasteiger partial charge in [0, 0.05) is 18.7 Å². The van der Waals surface area contributed by atoms with Gasteiger partial charge in [0.2, 0.25) is 5.91 Å². The van der Waals surface area contributed by atoms with Crippen LogP contribution in [0.4, 0.5) is 28.0 Å². The van der Waals surface area contributed by atoms with E-state index in [1.165, 1.54) is 43.3 Å². The molecular weight excluding hydrogens is 422 g/mol. The lowest BCUT2D eigenvalue weighted by Crippen LogP contribution is -2.41. The number of anilines is 1. The number of nitrogens with one attached hydrogen (secondary N) is 2. The summed E-state index contributed by atoms with van der Waals surface area (Å²) >= 11 is 0. The van der Waals surface area contributed by atoms with Gasteiger partial charge in [0.15, 0.2) is 0 Å². The molecule has 1 atom stereocenters. The van der Waals surface area contributed by atoms with Crippen LogP contribution in [0, 0.1) is 5.82 Å². The standard InChI is InChI=1S/C20H17F4N3O4/c1-19(12-2-8-15(9-3-12)31-20(22,23)24)17(29)27(18(30)26-19)11-10-16(28)25-14-6-4-13(21)5-7-14/h2-9H,10-11H2,1H3,(H,25,28)(H,26,30). The van der Waals surface area contributed by atoms with Crippen molar-refractivity contribution in [2.75, 3.05) is 11.9 Å². The Bertz CT molecular complexity index is 993. The largest absolute Gasteiger partial charge is 0.573 e. The smallest absolute Gasteiger partial charge is 0.406 e. The Morgan fingerprint density at radius 2 is 1.71 bits per heavy atom. The molecule has 0 bridgehead atoms. The molecule has 0 aliphatic carbocycles. The van der Waals surface area contributed by atoms with Gasteiger partial charge in [-0.3, -0.25) is 14.5 Å². The molecule has 164 valence electrons. The molecule has 1 unspecified atom stereocenters. The number of amides is 4. The van der Waals surface area contributed by atoms with Gasteiger partial charge in [-0.25, -0.2) is 9.18 Å². The molecule has 1 fully saturated rings. The second-order valence-corrected chi connectivity index (χ2v) is 6.89. The molecule has 0 radical (unpaired) electrons. The highest BCUT2D eigenvalue weighted by Gasteiger charge is 2.48. The Kier molecular flexibility index (Phi) is 5.87. The zero-order valence-corrected chi connectivity index (χ0v) is 16.1. The lowest BCUT2D eigenvalue weighted by Gasteiger charge is -2.22. The number of urea groups is 1. The Balaban J connectivity index is 1.64. The van der Waals surface area contributed by atoms with E-state index in [9.17, 15) is 31.9 Å². The first kappa shape index (κ1) is 22.1. The lowest BCUT2D eigenvalue weighted by molar-refractivity contribution is -0.274. The number of nitrogens with zero attached hydrogens (tertiary/aromatic N) is 1. The predicted molar refractivity (Wildman–Crippen MR) is 100 cm³/mol. The maximum atomic E-state index is 12.9. The molecule has 2 aromatic rings. The van der Waals surface area contributed by atoms with Crippen LogP contribution in [0.2, 0.25) is 0 Å². The van der Waals surface area contributed by atoms with E-state index < -0.39 is 41.3 Å². The normalized spacial score (nSPS) is 18.7. The average molecular weight is 439 g/mol. The zero-order valence-electron chi connectivity index (χ0n) is 16.1. The second-order valence-electron chi connectivity index (χ2n) is 6.89. The molecule has 2 aromatic carbocycles. The maximum Gasteiger partial charge on any atom is 0.573 e. The van der Waals surface area contributed by atoms with E-state index in [1.54, 1.807) is 0 Å². The van der Waals surface area contributed by atoms with E-state index in [4.69, 9.17) is 0 Å². The van der Waals surface area contributed by atoms with Crippen LogP contribution in [-0.2, 0) is 15.1 Å². The van der Waals surface area contributed by atoms with Gasteiger partial charge in [-0.2, -0.15) is 0 Å². The summed E-state index contributed by atoms with van der Waals surface area (Å²) in [5, 5.41) is 5.01. The number of halogens is 4. The molecule has 0 saturated carbocycles. The molecule has 1 aliphatic rings. The molecule has 31 heavy (non-hydrogen) atoms. The van der Waals surface area contributed by atoms with Crippen LogP contribution in [0.15, 0.2) is 48.5 Å². The van der Waals surface area contributed by atoms with E-state index in [1.807, 2.05) is 0 Å². The third kappa shape index (κ3) is 5.11. The molecule has 0 spiro atoms. The Hall–Kier alpha value is -3.63. The van der Waals surface area contributed by atoms with Crippen LogP contribution in [0.3, 0.4) is 0 Å². The van der Waals surface area contributed by atoms with Gasteiger partial charge in [-0.15, -0.1) is 13.2 Å². The van der Waals surface area contributed by atoms with Crippen molar-refractivity contribution in [1.29, 1.82) is 0 Å². The minimum atomic E-state index is -4.85. The number of hydrogen-bond donors (Lipinski definition) is 2. The molecule has 1 saturated heterocycles. The fourth-order valence-electron chi connectivity index (χ4n) is 3.06. The highest BCUT2D eigenvalue weighted by Crippen LogP contribution is 2.31. The van der Waals surface area contributed by atoms with Crippen LogP contribution in [0.25, 0.3) is 0 Å². The molecule has 4 amide bonds. The van der Waals surface area contributed by atoms with Gasteiger partial charge in [0.1, 0.15) is 17.1 Å². The summed E-state index contributed by atoms with van der Waals surface area (Å²) in [7, 11) is 0. The van der Waals surface area contributed by atoms with Crippen LogP contribution in [0.1, 0.15) is 18.9 Å².